The van der Waals surface area contributed by atoms with Crippen LogP contribution < -0.4 is 0 Å². The van der Waals surface area contributed by atoms with Crippen molar-refractivity contribution < 1.29 is 4.79 Å². The first-order chi connectivity index (χ1) is 9.94. The van der Waals surface area contributed by atoms with E-state index in [9.17, 15) is 4.79 Å². The van der Waals surface area contributed by atoms with Crippen molar-refractivity contribution in [1.82, 2.24) is 0 Å². The van der Waals surface area contributed by atoms with Gasteiger partial charge in [-0.2, -0.15) is 0 Å². The zero-order chi connectivity index (χ0) is 14.8. The zero-order valence-electron chi connectivity index (χ0n) is 13.5. The van der Waals surface area contributed by atoms with Crippen molar-refractivity contribution in [3.63, 3.8) is 0 Å². The Balaban J connectivity index is 1.83. The number of allylic oxidation sites excluding steroid dienone is 6. The Morgan fingerprint density at radius 2 is 1.95 bits per heavy atom. The Morgan fingerprint density at radius 3 is 2.76 bits per heavy atom. The molecule has 0 aliphatic heterocycles. The highest BCUT2D eigenvalue weighted by atomic mass is 16.1. The van der Waals surface area contributed by atoms with Crippen LogP contribution in [0.2, 0.25) is 0 Å². The lowest BCUT2D eigenvalue weighted by molar-refractivity contribution is -0.110. The third-order valence-electron chi connectivity index (χ3n) is 7.21. The molecule has 0 heterocycles. The van der Waals surface area contributed by atoms with Crippen molar-refractivity contribution in [3.8, 4) is 0 Å². The summed E-state index contributed by atoms with van der Waals surface area (Å²) in [7, 11) is 0. The smallest absolute Gasteiger partial charge is 0.178 e. The van der Waals surface area contributed by atoms with Gasteiger partial charge in [0.15, 0.2) is 5.78 Å². The Hall–Kier alpha value is -1.11. The van der Waals surface area contributed by atoms with E-state index in [4.69, 9.17) is 0 Å². The van der Waals surface area contributed by atoms with Gasteiger partial charge < -0.3 is 0 Å². The number of ketones is 1. The van der Waals surface area contributed by atoms with E-state index in [1.165, 1.54) is 43.3 Å². The molecule has 0 N–H and O–H groups in total. The molecule has 0 saturated heterocycles. The van der Waals surface area contributed by atoms with Crippen molar-refractivity contribution in [3.05, 3.63) is 35.5 Å². The summed E-state index contributed by atoms with van der Waals surface area (Å²) >= 11 is 0. The summed E-state index contributed by atoms with van der Waals surface area (Å²) in [5, 5.41) is 0. The Morgan fingerprint density at radius 1 is 1.14 bits per heavy atom. The summed E-state index contributed by atoms with van der Waals surface area (Å²) in [5.74, 6) is 2.42. The van der Waals surface area contributed by atoms with Gasteiger partial charge >= 0.3 is 0 Å². The standard InChI is InChI=1S/C20H26O/c1-13-11-15-16-5-4-8-19(16,2)9-7-17(15)20(3)10-6-14(21)12-18(13)20/h6,10-12,15-17H,4-5,7-9H2,1-3H3/t15-,16-,17-,19-,20+/m0/s1. The van der Waals surface area contributed by atoms with E-state index in [1.807, 2.05) is 12.2 Å². The molecule has 21 heavy (non-hydrogen) atoms. The van der Waals surface area contributed by atoms with E-state index in [0.717, 1.165) is 5.92 Å². The normalized spacial score (nSPS) is 48.1. The van der Waals surface area contributed by atoms with Crippen LogP contribution in [-0.2, 0) is 4.79 Å². The molecule has 0 bridgehead atoms. The number of carbonyl (C=O) groups excluding carboxylic acids is 1. The molecule has 112 valence electrons. The Labute approximate surface area is 128 Å². The first-order valence-electron chi connectivity index (χ1n) is 8.58. The second kappa shape index (κ2) is 4.21. The van der Waals surface area contributed by atoms with Gasteiger partial charge in [-0.1, -0.05) is 38.0 Å². The van der Waals surface area contributed by atoms with Gasteiger partial charge in [0.25, 0.3) is 0 Å². The lowest BCUT2D eigenvalue weighted by Crippen LogP contribution is -2.47. The monoisotopic (exact) mass is 282 g/mol. The van der Waals surface area contributed by atoms with Gasteiger partial charge in [-0.15, -0.1) is 0 Å². The number of fused-ring (bicyclic) bond motifs is 5. The van der Waals surface area contributed by atoms with E-state index in [1.54, 1.807) is 0 Å². The largest absolute Gasteiger partial charge is 0.290 e. The van der Waals surface area contributed by atoms with E-state index >= 15 is 0 Å². The maximum atomic E-state index is 11.8. The van der Waals surface area contributed by atoms with Crippen LogP contribution in [0, 0.1) is 28.6 Å². The van der Waals surface area contributed by atoms with Gasteiger partial charge in [0.2, 0.25) is 0 Å². The molecule has 5 atom stereocenters. The molecule has 4 rings (SSSR count). The third kappa shape index (κ3) is 1.73. The first kappa shape index (κ1) is 13.5. The molecule has 0 amide bonds. The van der Waals surface area contributed by atoms with Crippen LogP contribution in [-0.4, -0.2) is 5.78 Å². The molecule has 0 unspecified atom stereocenters. The molecular weight excluding hydrogens is 256 g/mol. The fourth-order valence-electron chi connectivity index (χ4n) is 6.05. The van der Waals surface area contributed by atoms with Crippen molar-refractivity contribution >= 4 is 5.78 Å². The molecule has 4 aliphatic rings. The lowest BCUT2D eigenvalue weighted by atomic mass is 9.49. The maximum absolute atomic E-state index is 11.8. The fraction of sp³-hybridized carbons (Fsp3) is 0.650. The Bertz CT molecular complexity index is 593. The second-order valence-corrected chi connectivity index (χ2v) is 8.30. The minimum Gasteiger partial charge on any atom is -0.290 e. The number of hydrogen-bond donors (Lipinski definition) is 0. The number of hydrogen-bond acceptors (Lipinski definition) is 1. The fourth-order valence-corrected chi connectivity index (χ4v) is 6.05. The minimum absolute atomic E-state index is 0.0847. The summed E-state index contributed by atoms with van der Waals surface area (Å²) in [6.45, 7) is 7.11. The van der Waals surface area contributed by atoms with Crippen LogP contribution >= 0.6 is 0 Å². The maximum Gasteiger partial charge on any atom is 0.178 e. The molecule has 1 nitrogen and oxygen atoms in total. The SMILES string of the molecule is CC1=C[C@H]2[C@@H]3CCC[C@@]3(C)CC[C@@H]2[C@@]2(C)C=CC(=O)C=C12. The number of carbonyl (C=O) groups is 1. The predicted octanol–water partition coefficient (Wildman–Crippen LogP) is 4.85. The van der Waals surface area contributed by atoms with Crippen molar-refractivity contribution in [2.24, 2.45) is 28.6 Å². The highest BCUT2D eigenvalue weighted by molar-refractivity contribution is 6.01. The molecule has 4 aliphatic carbocycles. The molecule has 0 spiro atoms. The van der Waals surface area contributed by atoms with Gasteiger partial charge in [-0.05, 0) is 73.5 Å². The van der Waals surface area contributed by atoms with Gasteiger partial charge in [0.1, 0.15) is 0 Å². The van der Waals surface area contributed by atoms with Gasteiger partial charge in [-0.3, -0.25) is 4.79 Å². The average molecular weight is 282 g/mol. The molecule has 2 fully saturated rings. The first-order valence-corrected chi connectivity index (χ1v) is 8.58. The summed E-state index contributed by atoms with van der Waals surface area (Å²) in [5.41, 5.74) is 3.30. The van der Waals surface area contributed by atoms with Crippen LogP contribution in [0.3, 0.4) is 0 Å². The van der Waals surface area contributed by atoms with Crippen LogP contribution in [0.15, 0.2) is 35.5 Å². The zero-order valence-corrected chi connectivity index (χ0v) is 13.5. The summed E-state index contributed by atoms with van der Waals surface area (Å²) in [4.78, 5) is 11.8. The average Bonchev–Trinajstić information content (AvgIpc) is 2.83. The molecule has 0 aromatic heterocycles. The topological polar surface area (TPSA) is 17.1 Å². The summed E-state index contributed by atoms with van der Waals surface area (Å²) in [6, 6.07) is 0. The highest BCUT2D eigenvalue weighted by Crippen LogP contribution is 2.63. The van der Waals surface area contributed by atoms with Gasteiger partial charge in [0, 0.05) is 5.41 Å². The minimum atomic E-state index is 0.0847. The van der Waals surface area contributed by atoms with Crippen LogP contribution in [0.4, 0.5) is 0 Å². The Kier molecular flexibility index (Phi) is 2.72. The molecular formula is C20H26O. The van der Waals surface area contributed by atoms with E-state index < -0.39 is 0 Å². The van der Waals surface area contributed by atoms with Crippen LogP contribution in [0.1, 0.15) is 52.9 Å². The third-order valence-corrected chi connectivity index (χ3v) is 7.21. The summed E-state index contributed by atoms with van der Waals surface area (Å²) in [6.07, 6.45) is 15.4. The van der Waals surface area contributed by atoms with E-state index in [2.05, 4.69) is 32.9 Å². The molecule has 2 saturated carbocycles. The molecule has 0 radical (unpaired) electrons. The lowest BCUT2D eigenvalue weighted by Gasteiger charge is -2.54. The molecule has 0 aromatic rings. The highest BCUT2D eigenvalue weighted by Gasteiger charge is 2.54. The van der Waals surface area contributed by atoms with E-state index in [-0.39, 0.29) is 11.2 Å². The second-order valence-electron chi connectivity index (χ2n) is 8.30. The molecule has 1 heteroatoms. The van der Waals surface area contributed by atoms with E-state index in [0.29, 0.717) is 17.3 Å². The van der Waals surface area contributed by atoms with Crippen molar-refractivity contribution in [1.29, 1.82) is 0 Å². The van der Waals surface area contributed by atoms with Crippen molar-refractivity contribution in [2.75, 3.05) is 0 Å². The van der Waals surface area contributed by atoms with Crippen LogP contribution in [0.25, 0.3) is 0 Å². The summed E-state index contributed by atoms with van der Waals surface area (Å²) < 4.78 is 0. The van der Waals surface area contributed by atoms with Crippen LogP contribution in [0.5, 0.6) is 0 Å². The van der Waals surface area contributed by atoms with Gasteiger partial charge in [-0.25, -0.2) is 0 Å². The predicted molar refractivity (Wildman–Crippen MR) is 85.8 cm³/mol. The molecule has 0 aromatic carbocycles. The van der Waals surface area contributed by atoms with Gasteiger partial charge in [0.05, 0.1) is 0 Å². The number of rotatable bonds is 0. The quantitative estimate of drug-likeness (QED) is 0.620. The van der Waals surface area contributed by atoms with Crippen molar-refractivity contribution in [2.45, 2.75) is 52.9 Å².